The zero-order valence-electron chi connectivity index (χ0n) is 22.1. The Morgan fingerprint density at radius 1 is 1.41 bits per heavy atom. The average Bonchev–Trinajstić information content (AvgIpc) is 3.48. The van der Waals surface area contributed by atoms with Gasteiger partial charge in [0.2, 0.25) is 17.7 Å². The molecule has 1 saturated heterocycles. The second kappa shape index (κ2) is 12.0. The third-order valence-corrected chi connectivity index (χ3v) is 8.26. The van der Waals surface area contributed by atoms with E-state index in [1.165, 1.54) is 23.8 Å². The van der Waals surface area contributed by atoms with Crippen LogP contribution in [0.2, 0.25) is 0 Å². The maximum atomic E-state index is 13.1. The van der Waals surface area contributed by atoms with E-state index in [1.807, 2.05) is 0 Å². The fourth-order valence-electron chi connectivity index (χ4n) is 4.39. The van der Waals surface area contributed by atoms with Crippen LogP contribution >= 0.6 is 23.3 Å². The molecule has 0 radical (unpaired) electrons. The second-order valence-corrected chi connectivity index (χ2v) is 10.8. The maximum Gasteiger partial charge on any atom is 0.352 e. The molecule has 4 heterocycles. The minimum atomic E-state index is -1.29. The Hall–Kier alpha value is -4.43. The Labute approximate surface area is 241 Å². The van der Waals surface area contributed by atoms with Crippen LogP contribution in [0, 0.1) is 5.41 Å². The molecule has 0 aliphatic carbocycles. The molecule has 2 amide bonds. The number of β-lactam (4-membered cyclic amide) rings is 1. The summed E-state index contributed by atoms with van der Waals surface area (Å²) < 4.78 is 7.23. The number of oxime groups is 1. The lowest BCUT2D eigenvalue weighted by Gasteiger charge is -2.49. The number of nitrogens with zero attached hydrogens (tertiary/aromatic N) is 7. The highest BCUT2D eigenvalue weighted by Crippen LogP contribution is 2.40. The van der Waals surface area contributed by atoms with E-state index in [9.17, 15) is 19.5 Å². The van der Waals surface area contributed by atoms with Gasteiger partial charge in [-0.15, -0.1) is 21.1 Å². The Morgan fingerprint density at radius 2 is 2.15 bits per heavy atom. The number of amides is 2. The van der Waals surface area contributed by atoms with Crippen molar-refractivity contribution in [2.45, 2.75) is 24.4 Å². The maximum absolute atomic E-state index is 13.1. The average molecular weight is 609 g/mol. The lowest BCUT2D eigenvalue weighted by molar-refractivity contribution is -0.765. The quantitative estimate of drug-likeness (QED) is 0.0446. The first kappa shape index (κ1) is 29.6. The standard InChI is InChI=1S/C21H29N13O5S2/c1-31-14(23)10(33(20(24)25)5-3-4-22)7-32(31)6-9-8-40-18-12(17(36)34(18)13(9)19(37)38)27-16(35)11(29-39-2)15-28-21(26)41-30-15/h7,12,18,23H,3-6,8,22H2,1-2H3,(H7,24,25,26,27,28,30,35,37,38)/p+1/b29-11+/t12-,18?/m1/s1. The highest BCUT2D eigenvalue weighted by molar-refractivity contribution is 8.00. The molecule has 0 spiro atoms. The van der Waals surface area contributed by atoms with Gasteiger partial charge in [0, 0.05) is 29.4 Å². The monoisotopic (exact) mass is 608 g/mol. The zero-order valence-corrected chi connectivity index (χ0v) is 23.7. The summed E-state index contributed by atoms with van der Waals surface area (Å²) in [6.45, 7) is 0.859. The predicted octanol–water partition coefficient (Wildman–Crippen LogP) is -2.83. The van der Waals surface area contributed by atoms with Crippen molar-refractivity contribution in [3.05, 3.63) is 23.3 Å². The van der Waals surface area contributed by atoms with Crippen LogP contribution in [0.5, 0.6) is 0 Å². The van der Waals surface area contributed by atoms with Gasteiger partial charge >= 0.3 is 5.97 Å². The molecular formula is C21H30N13O5S2+. The van der Waals surface area contributed by atoms with Crippen molar-refractivity contribution in [1.29, 1.82) is 5.41 Å². The number of anilines is 3. The molecule has 18 nitrogen and oxygen atoms in total. The van der Waals surface area contributed by atoms with Crippen LogP contribution in [0.15, 0.2) is 22.6 Å². The summed E-state index contributed by atoms with van der Waals surface area (Å²) in [5.74, 6) is -2.38. The van der Waals surface area contributed by atoms with Crippen molar-refractivity contribution in [1.82, 2.24) is 24.3 Å². The Morgan fingerprint density at radius 3 is 2.73 bits per heavy atom. The van der Waals surface area contributed by atoms with Crippen LogP contribution < -0.4 is 37.8 Å². The van der Waals surface area contributed by atoms with Gasteiger partial charge in [-0.1, -0.05) is 5.16 Å². The van der Waals surface area contributed by atoms with E-state index in [0.717, 1.165) is 16.4 Å². The lowest BCUT2D eigenvalue weighted by atomic mass is 10.0. The topological polar surface area (TPSA) is 274 Å². The number of nitrogen functional groups attached to an aromatic ring is 2. The van der Waals surface area contributed by atoms with Crippen molar-refractivity contribution in [3.8, 4) is 0 Å². The summed E-state index contributed by atoms with van der Waals surface area (Å²) in [4.78, 5) is 49.8. The third-order valence-electron chi connectivity index (χ3n) is 6.38. The first-order valence-corrected chi connectivity index (χ1v) is 13.9. The fourth-order valence-corrected chi connectivity index (χ4v) is 6.16. The normalized spacial score (nSPS) is 18.6. The summed E-state index contributed by atoms with van der Waals surface area (Å²) in [6, 6.07) is -1.02. The molecule has 220 valence electrons. The number of aliphatic carboxylic acids is 1. The smallest absolute Gasteiger partial charge is 0.352 e. The van der Waals surface area contributed by atoms with E-state index in [1.54, 1.807) is 22.6 Å². The Bertz CT molecular complexity index is 1450. The van der Waals surface area contributed by atoms with Gasteiger partial charge in [-0.05, 0) is 13.0 Å². The lowest BCUT2D eigenvalue weighted by Crippen LogP contribution is -2.71. The summed E-state index contributed by atoms with van der Waals surface area (Å²) in [6.07, 6.45) is 2.23. The molecule has 1 fully saturated rings. The van der Waals surface area contributed by atoms with Gasteiger partial charge in [-0.25, -0.2) is 4.79 Å². The third kappa shape index (κ3) is 5.60. The van der Waals surface area contributed by atoms with Crippen molar-refractivity contribution in [2.75, 3.05) is 42.3 Å². The number of carboxylic acids is 1. The van der Waals surface area contributed by atoms with Crippen LogP contribution in [-0.2, 0) is 32.8 Å². The summed E-state index contributed by atoms with van der Waals surface area (Å²) in [5.41, 5.74) is 23.7. The van der Waals surface area contributed by atoms with E-state index < -0.39 is 29.2 Å². The van der Waals surface area contributed by atoms with Gasteiger partial charge < -0.3 is 43.1 Å². The molecule has 4 rings (SSSR count). The van der Waals surface area contributed by atoms with Gasteiger partial charge in [-0.2, -0.15) is 9.36 Å². The largest absolute Gasteiger partial charge is 0.477 e. The predicted molar refractivity (Wildman–Crippen MR) is 151 cm³/mol. The summed E-state index contributed by atoms with van der Waals surface area (Å²) >= 11 is 2.16. The van der Waals surface area contributed by atoms with E-state index in [0.29, 0.717) is 36.6 Å². The van der Waals surface area contributed by atoms with Gasteiger partial charge in [0.25, 0.3) is 11.8 Å². The van der Waals surface area contributed by atoms with Gasteiger partial charge in [0.1, 0.15) is 24.2 Å². The fraction of sp³-hybridized carbons (Fsp3) is 0.429. The number of guanidine groups is 1. The second-order valence-electron chi connectivity index (χ2n) is 8.90. The molecule has 0 saturated carbocycles. The molecule has 2 aliphatic heterocycles. The molecule has 0 bridgehead atoms. The molecule has 2 aromatic rings. The number of thioether (sulfide) groups is 1. The van der Waals surface area contributed by atoms with E-state index >= 15 is 0 Å². The van der Waals surface area contributed by atoms with Gasteiger partial charge in [0.15, 0.2) is 29.1 Å². The number of carbonyl (C=O) groups is 3. The number of carbonyl (C=O) groups excluding carboxylic acids is 2. The number of aromatic nitrogens is 4. The highest BCUT2D eigenvalue weighted by Gasteiger charge is 2.55. The Balaban J connectivity index is 1.56. The molecule has 1 unspecified atom stereocenters. The van der Waals surface area contributed by atoms with Crippen molar-refractivity contribution in [2.24, 2.45) is 23.7 Å². The minimum Gasteiger partial charge on any atom is -0.477 e. The SMILES string of the molecule is CO/N=C(/C(=O)N[C@@H]1C(=O)N2C(C(=O)O)=C(C[n+]3cc(N(CCCN)C(=N)N)c(N)n3C)CSC12)c1nsc(N)n1. The first-order valence-electron chi connectivity index (χ1n) is 12.1. The first-order chi connectivity index (χ1) is 19.5. The van der Waals surface area contributed by atoms with Crippen LogP contribution in [0.3, 0.4) is 0 Å². The molecule has 0 aromatic carbocycles. The van der Waals surface area contributed by atoms with Crippen LogP contribution in [0.25, 0.3) is 0 Å². The number of hydrogen-bond acceptors (Lipinski definition) is 13. The highest BCUT2D eigenvalue weighted by atomic mass is 32.2. The number of fused-ring (bicyclic) bond motifs is 1. The van der Waals surface area contributed by atoms with Crippen molar-refractivity contribution < 1.29 is 29.0 Å². The molecule has 2 atom stereocenters. The molecular weight excluding hydrogens is 578 g/mol. The molecule has 41 heavy (non-hydrogen) atoms. The number of nitrogens with one attached hydrogen (secondary N) is 2. The molecule has 2 aliphatic rings. The van der Waals surface area contributed by atoms with E-state index in [4.69, 9.17) is 33.2 Å². The Kier molecular flexibility index (Phi) is 8.63. The van der Waals surface area contributed by atoms with Crippen LogP contribution in [0.4, 0.5) is 16.6 Å². The number of carboxylic acid groups (broad SMARTS) is 1. The van der Waals surface area contributed by atoms with E-state index in [2.05, 4.69) is 19.8 Å². The summed E-state index contributed by atoms with van der Waals surface area (Å²) in [5, 5.41) is 23.7. The number of hydrogen-bond donors (Lipinski definition) is 7. The zero-order chi connectivity index (χ0) is 30.0. The number of rotatable bonds is 11. The van der Waals surface area contributed by atoms with Crippen molar-refractivity contribution >= 4 is 69.4 Å². The van der Waals surface area contributed by atoms with Gasteiger partial charge in [0.05, 0.1) is 7.05 Å². The van der Waals surface area contributed by atoms with Crippen LogP contribution in [-0.4, -0.2) is 90.9 Å². The van der Waals surface area contributed by atoms with Crippen LogP contribution in [0.1, 0.15) is 12.2 Å². The minimum absolute atomic E-state index is 0.0650. The van der Waals surface area contributed by atoms with Gasteiger partial charge in [-0.3, -0.25) is 19.9 Å². The van der Waals surface area contributed by atoms with Crippen molar-refractivity contribution in [3.63, 3.8) is 0 Å². The molecule has 2 aromatic heterocycles. The molecule has 20 heteroatoms. The number of nitrogens with two attached hydrogens (primary N) is 4. The van der Waals surface area contributed by atoms with E-state index in [-0.39, 0.29) is 40.6 Å². The molecule has 11 N–H and O–H groups in total. The summed E-state index contributed by atoms with van der Waals surface area (Å²) in [7, 11) is 2.92.